The highest BCUT2D eigenvalue weighted by Crippen LogP contribution is 2.66. The molecule has 104 valence electrons. The molecule has 0 saturated heterocycles. The average Bonchev–Trinajstić information content (AvgIpc) is 2.67. The first kappa shape index (κ1) is 14.3. The number of rotatable bonds is 2. The van der Waals surface area contributed by atoms with Gasteiger partial charge in [0.25, 0.3) is 0 Å². The van der Waals surface area contributed by atoms with E-state index in [0.717, 1.165) is 11.8 Å². The van der Waals surface area contributed by atoms with Gasteiger partial charge in [-0.05, 0) is 53.8 Å². The summed E-state index contributed by atoms with van der Waals surface area (Å²) >= 11 is 0. The fraction of sp³-hybridized carbons (Fsp3) is 0.875. The Bertz CT molecular complexity index is 362. The summed E-state index contributed by atoms with van der Waals surface area (Å²) in [4.78, 5) is 0. The van der Waals surface area contributed by atoms with Gasteiger partial charge in [0.1, 0.15) is 0 Å². The van der Waals surface area contributed by atoms with Crippen LogP contribution in [0.25, 0.3) is 0 Å². The van der Waals surface area contributed by atoms with Crippen molar-refractivity contribution in [1.29, 1.82) is 0 Å². The smallest absolute Gasteiger partial charge is 0.192 e. The van der Waals surface area contributed by atoms with Crippen molar-refractivity contribution in [3.8, 4) is 0 Å². The van der Waals surface area contributed by atoms with Gasteiger partial charge in [0, 0.05) is 0 Å². The average molecular weight is 267 g/mol. The Balaban J connectivity index is 2.05. The Labute approximate surface area is 114 Å². The lowest BCUT2D eigenvalue weighted by Gasteiger charge is -2.40. The molecule has 2 aliphatic rings. The molecule has 2 heteroatoms. The third-order valence-electron chi connectivity index (χ3n) is 5.94. The third-order valence-corrected chi connectivity index (χ3v) is 10.4. The standard InChI is InChI=1S/C16H30OSi/c1-11-9-12-13(16(12,5)6)10-14(11)17-18(7,8)15(2,3)4/h12-14H,1,9-10H2,2-8H3/t12-,13-,14-/m1/s1. The van der Waals surface area contributed by atoms with Crippen molar-refractivity contribution >= 4 is 8.32 Å². The van der Waals surface area contributed by atoms with Crippen LogP contribution in [-0.4, -0.2) is 14.4 Å². The zero-order chi connectivity index (χ0) is 13.9. The molecule has 0 radical (unpaired) electrons. The number of hydrogen-bond donors (Lipinski definition) is 0. The van der Waals surface area contributed by atoms with Gasteiger partial charge in [0.05, 0.1) is 6.10 Å². The fourth-order valence-electron chi connectivity index (χ4n) is 3.21. The normalized spacial score (nSPS) is 35.3. The van der Waals surface area contributed by atoms with Gasteiger partial charge < -0.3 is 4.43 Å². The van der Waals surface area contributed by atoms with Crippen LogP contribution in [0.15, 0.2) is 12.2 Å². The molecule has 2 saturated carbocycles. The summed E-state index contributed by atoms with van der Waals surface area (Å²) in [6.07, 6.45) is 2.73. The molecule has 0 aromatic carbocycles. The van der Waals surface area contributed by atoms with Gasteiger partial charge in [0.2, 0.25) is 0 Å². The molecular weight excluding hydrogens is 236 g/mol. The van der Waals surface area contributed by atoms with Gasteiger partial charge in [-0.1, -0.05) is 41.2 Å². The highest BCUT2D eigenvalue weighted by molar-refractivity contribution is 6.74. The molecular formula is C16H30OSi. The monoisotopic (exact) mass is 266 g/mol. The van der Waals surface area contributed by atoms with Crippen LogP contribution < -0.4 is 0 Å². The molecule has 0 heterocycles. The van der Waals surface area contributed by atoms with Crippen molar-refractivity contribution in [2.24, 2.45) is 17.3 Å². The van der Waals surface area contributed by atoms with E-state index in [1.54, 1.807) is 0 Å². The summed E-state index contributed by atoms with van der Waals surface area (Å²) in [5, 5.41) is 0.295. The van der Waals surface area contributed by atoms with E-state index >= 15 is 0 Å². The molecule has 0 aliphatic heterocycles. The van der Waals surface area contributed by atoms with E-state index in [2.05, 4.69) is 54.3 Å². The molecule has 2 rings (SSSR count). The molecule has 0 aromatic heterocycles. The minimum atomic E-state index is -1.65. The predicted molar refractivity (Wildman–Crippen MR) is 81.2 cm³/mol. The van der Waals surface area contributed by atoms with Gasteiger partial charge >= 0.3 is 0 Å². The topological polar surface area (TPSA) is 9.23 Å². The second-order valence-corrected chi connectivity index (χ2v) is 13.3. The third kappa shape index (κ3) is 2.22. The van der Waals surface area contributed by atoms with Crippen LogP contribution in [0.3, 0.4) is 0 Å². The highest BCUT2D eigenvalue weighted by Gasteiger charge is 2.60. The first-order valence-corrected chi connectivity index (χ1v) is 10.2. The number of hydrogen-bond acceptors (Lipinski definition) is 1. The zero-order valence-corrected chi connectivity index (χ0v) is 14.3. The summed E-state index contributed by atoms with van der Waals surface area (Å²) in [6, 6.07) is 0. The van der Waals surface area contributed by atoms with E-state index in [1.165, 1.54) is 18.4 Å². The van der Waals surface area contributed by atoms with Crippen LogP contribution in [0.4, 0.5) is 0 Å². The van der Waals surface area contributed by atoms with Gasteiger partial charge in [-0.15, -0.1) is 0 Å². The van der Waals surface area contributed by atoms with E-state index in [0.29, 0.717) is 16.6 Å². The first-order valence-electron chi connectivity index (χ1n) is 7.32. The van der Waals surface area contributed by atoms with Crippen LogP contribution in [0.5, 0.6) is 0 Å². The molecule has 0 spiro atoms. The summed E-state index contributed by atoms with van der Waals surface area (Å²) in [6.45, 7) is 20.8. The molecule has 3 atom stereocenters. The van der Waals surface area contributed by atoms with Crippen molar-refractivity contribution in [2.45, 2.75) is 71.7 Å². The quantitative estimate of drug-likeness (QED) is 0.505. The molecule has 0 unspecified atom stereocenters. The summed E-state index contributed by atoms with van der Waals surface area (Å²) in [5.74, 6) is 1.75. The summed E-state index contributed by atoms with van der Waals surface area (Å²) in [5.41, 5.74) is 1.89. The van der Waals surface area contributed by atoms with Gasteiger partial charge in [0.15, 0.2) is 8.32 Å². The minimum Gasteiger partial charge on any atom is -0.410 e. The van der Waals surface area contributed by atoms with Crippen molar-refractivity contribution < 1.29 is 4.43 Å². The minimum absolute atomic E-state index is 0.295. The van der Waals surface area contributed by atoms with Crippen LogP contribution in [0, 0.1) is 17.3 Å². The molecule has 0 aromatic rings. The van der Waals surface area contributed by atoms with E-state index in [4.69, 9.17) is 4.43 Å². The molecule has 2 fully saturated rings. The van der Waals surface area contributed by atoms with E-state index in [-0.39, 0.29) is 0 Å². The lowest BCUT2D eigenvalue weighted by Crippen LogP contribution is -2.45. The van der Waals surface area contributed by atoms with E-state index < -0.39 is 8.32 Å². The van der Waals surface area contributed by atoms with Crippen LogP contribution in [0.2, 0.25) is 18.1 Å². The maximum absolute atomic E-state index is 6.59. The lowest BCUT2D eigenvalue weighted by molar-refractivity contribution is 0.177. The first-order chi connectivity index (χ1) is 7.97. The van der Waals surface area contributed by atoms with Crippen molar-refractivity contribution in [2.75, 3.05) is 0 Å². The Morgan fingerprint density at radius 3 is 2.28 bits per heavy atom. The molecule has 0 N–H and O–H groups in total. The number of fused-ring (bicyclic) bond motifs is 1. The largest absolute Gasteiger partial charge is 0.410 e. The molecule has 2 aliphatic carbocycles. The van der Waals surface area contributed by atoms with E-state index in [1.807, 2.05) is 0 Å². The summed E-state index contributed by atoms with van der Waals surface area (Å²) < 4.78 is 6.59. The molecule has 18 heavy (non-hydrogen) atoms. The Morgan fingerprint density at radius 2 is 1.78 bits per heavy atom. The second kappa shape index (κ2) is 3.96. The van der Waals surface area contributed by atoms with E-state index in [9.17, 15) is 0 Å². The Kier molecular flexibility index (Phi) is 3.15. The van der Waals surface area contributed by atoms with Crippen molar-refractivity contribution in [1.82, 2.24) is 0 Å². The summed E-state index contributed by atoms with van der Waals surface area (Å²) in [7, 11) is -1.65. The van der Waals surface area contributed by atoms with Crippen LogP contribution in [-0.2, 0) is 4.43 Å². The van der Waals surface area contributed by atoms with Crippen LogP contribution >= 0.6 is 0 Å². The van der Waals surface area contributed by atoms with Gasteiger partial charge in [-0.3, -0.25) is 0 Å². The molecule has 0 amide bonds. The second-order valence-electron chi connectivity index (χ2n) is 8.50. The maximum atomic E-state index is 6.59. The fourth-order valence-corrected chi connectivity index (χ4v) is 4.53. The Hall–Kier alpha value is -0.0831. The highest BCUT2D eigenvalue weighted by atomic mass is 28.4. The maximum Gasteiger partial charge on any atom is 0.192 e. The molecule has 1 nitrogen and oxygen atoms in total. The Morgan fingerprint density at radius 1 is 1.22 bits per heavy atom. The van der Waals surface area contributed by atoms with Gasteiger partial charge in [-0.25, -0.2) is 0 Å². The van der Waals surface area contributed by atoms with Crippen molar-refractivity contribution in [3.05, 3.63) is 12.2 Å². The SMILES string of the molecule is C=C1C[C@@H]2[C@@H](C[C@H]1O[Si](C)(C)C(C)(C)C)C2(C)C. The van der Waals surface area contributed by atoms with Gasteiger partial charge in [-0.2, -0.15) is 0 Å². The lowest BCUT2D eigenvalue weighted by atomic mass is 9.94. The van der Waals surface area contributed by atoms with Crippen molar-refractivity contribution in [3.63, 3.8) is 0 Å². The predicted octanol–water partition coefficient (Wildman–Crippen LogP) is 5.00. The zero-order valence-electron chi connectivity index (χ0n) is 13.3. The molecule has 0 bridgehead atoms. The van der Waals surface area contributed by atoms with Crippen LogP contribution in [0.1, 0.15) is 47.5 Å².